The van der Waals surface area contributed by atoms with E-state index in [9.17, 15) is 4.79 Å². The first kappa shape index (κ1) is 13.4. The quantitative estimate of drug-likeness (QED) is 0.781. The molecule has 0 saturated carbocycles. The number of halogens is 1. The molecule has 0 spiro atoms. The molecule has 20 heavy (non-hydrogen) atoms. The number of carbonyl (C=O) groups is 1. The SMILES string of the molecule is O=C(CCBr)N1CC(c2ccccc2)c2ccccc21. The van der Waals surface area contributed by atoms with Gasteiger partial charge in [-0.3, -0.25) is 4.79 Å². The smallest absolute Gasteiger partial charge is 0.227 e. The lowest BCUT2D eigenvalue weighted by Crippen LogP contribution is -2.30. The number of amides is 1. The maximum absolute atomic E-state index is 12.3. The van der Waals surface area contributed by atoms with Crippen LogP contribution in [0.3, 0.4) is 0 Å². The number of anilines is 1. The molecule has 1 aliphatic heterocycles. The predicted octanol–water partition coefficient (Wildman–Crippen LogP) is 3.95. The zero-order valence-electron chi connectivity index (χ0n) is 11.1. The van der Waals surface area contributed by atoms with Crippen molar-refractivity contribution >= 4 is 27.5 Å². The van der Waals surface area contributed by atoms with Crippen LogP contribution in [0.1, 0.15) is 23.5 Å². The van der Waals surface area contributed by atoms with Gasteiger partial charge in [-0.05, 0) is 17.2 Å². The zero-order valence-corrected chi connectivity index (χ0v) is 12.7. The summed E-state index contributed by atoms with van der Waals surface area (Å²) in [5, 5.41) is 0.709. The molecule has 0 N–H and O–H groups in total. The molecular weight excluding hydrogens is 314 g/mol. The minimum Gasteiger partial charge on any atom is -0.311 e. The van der Waals surface area contributed by atoms with E-state index < -0.39 is 0 Å². The van der Waals surface area contributed by atoms with Gasteiger partial charge in [-0.15, -0.1) is 0 Å². The number of hydrogen-bond donors (Lipinski definition) is 0. The predicted molar refractivity (Wildman–Crippen MR) is 85.5 cm³/mol. The van der Waals surface area contributed by atoms with Crippen molar-refractivity contribution in [1.82, 2.24) is 0 Å². The van der Waals surface area contributed by atoms with Crippen LogP contribution in [0.25, 0.3) is 0 Å². The second kappa shape index (κ2) is 5.80. The van der Waals surface area contributed by atoms with Gasteiger partial charge in [-0.25, -0.2) is 0 Å². The average molecular weight is 330 g/mol. The lowest BCUT2D eigenvalue weighted by atomic mass is 9.93. The van der Waals surface area contributed by atoms with E-state index in [-0.39, 0.29) is 11.8 Å². The lowest BCUT2D eigenvalue weighted by Gasteiger charge is -2.17. The number of alkyl halides is 1. The molecule has 0 fully saturated rings. The third kappa shape index (κ3) is 2.38. The molecule has 1 aliphatic rings. The highest BCUT2D eigenvalue weighted by atomic mass is 79.9. The van der Waals surface area contributed by atoms with Crippen LogP contribution in [0.2, 0.25) is 0 Å². The van der Waals surface area contributed by atoms with Crippen molar-refractivity contribution < 1.29 is 4.79 Å². The third-order valence-electron chi connectivity index (χ3n) is 3.78. The first-order valence-corrected chi connectivity index (χ1v) is 7.93. The molecule has 1 amide bonds. The molecular formula is C17H16BrNO. The van der Waals surface area contributed by atoms with Crippen molar-refractivity contribution in [2.75, 3.05) is 16.8 Å². The minimum absolute atomic E-state index is 0.188. The van der Waals surface area contributed by atoms with E-state index in [2.05, 4.69) is 46.3 Å². The molecule has 0 bridgehead atoms. The highest BCUT2D eigenvalue weighted by molar-refractivity contribution is 9.09. The van der Waals surface area contributed by atoms with E-state index in [0.29, 0.717) is 11.8 Å². The van der Waals surface area contributed by atoms with Crippen LogP contribution < -0.4 is 4.90 Å². The standard InChI is InChI=1S/C17H16BrNO/c18-11-10-17(20)19-12-15(13-6-2-1-3-7-13)14-8-4-5-9-16(14)19/h1-9,15H,10-12H2. The van der Waals surface area contributed by atoms with Gasteiger partial charge in [-0.1, -0.05) is 64.5 Å². The fourth-order valence-corrected chi connectivity index (χ4v) is 3.17. The number of nitrogens with zero attached hydrogens (tertiary/aromatic N) is 1. The zero-order chi connectivity index (χ0) is 13.9. The van der Waals surface area contributed by atoms with E-state index in [0.717, 1.165) is 12.2 Å². The van der Waals surface area contributed by atoms with Crippen molar-refractivity contribution in [3.63, 3.8) is 0 Å². The monoisotopic (exact) mass is 329 g/mol. The summed E-state index contributed by atoms with van der Waals surface area (Å²) in [7, 11) is 0. The van der Waals surface area contributed by atoms with Crippen molar-refractivity contribution in [2.45, 2.75) is 12.3 Å². The number of fused-ring (bicyclic) bond motifs is 1. The Morgan fingerprint density at radius 2 is 1.80 bits per heavy atom. The third-order valence-corrected chi connectivity index (χ3v) is 4.18. The fraction of sp³-hybridized carbons (Fsp3) is 0.235. The van der Waals surface area contributed by atoms with Crippen LogP contribution in [0, 0.1) is 0 Å². The van der Waals surface area contributed by atoms with Crippen LogP contribution in [-0.2, 0) is 4.79 Å². The number of rotatable bonds is 3. The Balaban J connectivity index is 1.98. The van der Waals surface area contributed by atoms with E-state index >= 15 is 0 Å². The molecule has 0 aliphatic carbocycles. The van der Waals surface area contributed by atoms with Crippen LogP contribution in [0.4, 0.5) is 5.69 Å². The Kier molecular flexibility index (Phi) is 3.88. The largest absolute Gasteiger partial charge is 0.311 e. The first-order chi connectivity index (χ1) is 9.81. The first-order valence-electron chi connectivity index (χ1n) is 6.81. The number of carbonyl (C=O) groups excluding carboxylic acids is 1. The van der Waals surface area contributed by atoms with Crippen LogP contribution in [0.5, 0.6) is 0 Å². The van der Waals surface area contributed by atoms with Crippen molar-refractivity contribution in [3.8, 4) is 0 Å². The summed E-state index contributed by atoms with van der Waals surface area (Å²) in [5.41, 5.74) is 3.59. The van der Waals surface area contributed by atoms with Gasteiger partial charge in [-0.2, -0.15) is 0 Å². The Hall–Kier alpha value is -1.61. The Morgan fingerprint density at radius 3 is 2.55 bits per heavy atom. The summed E-state index contributed by atoms with van der Waals surface area (Å²) < 4.78 is 0. The summed E-state index contributed by atoms with van der Waals surface area (Å²) in [6.07, 6.45) is 0.538. The van der Waals surface area contributed by atoms with Crippen LogP contribution in [0.15, 0.2) is 54.6 Å². The summed E-state index contributed by atoms with van der Waals surface area (Å²) in [6, 6.07) is 18.6. The number of hydrogen-bond acceptors (Lipinski definition) is 1. The number of benzene rings is 2. The molecule has 3 rings (SSSR count). The Morgan fingerprint density at radius 1 is 1.10 bits per heavy atom. The van der Waals surface area contributed by atoms with Crippen molar-refractivity contribution in [1.29, 1.82) is 0 Å². The van der Waals surface area contributed by atoms with Crippen LogP contribution >= 0.6 is 15.9 Å². The molecule has 0 aromatic heterocycles. The molecule has 0 radical (unpaired) electrons. The molecule has 2 nitrogen and oxygen atoms in total. The second-order valence-corrected chi connectivity index (χ2v) is 5.76. The molecule has 1 heterocycles. The van der Waals surface area contributed by atoms with Crippen molar-refractivity contribution in [3.05, 3.63) is 65.7 Å². The Bertz CT molecular complexity index is 611. The van der Waals surface area contributed by atoms with Gasteiger partial charge in [0.15, 0.2) is 0 Å². The van der Waals surface area contributed by atoms with Gasteiger partial charge in [0.25, 0.3) is 0 Å². The molecule has 2 aromatic rings. The number of para-hydroxylation sites is 1. The van der Waals surface area contributed by atoms with E-state index in [4.69, 9.17) is 0 Å². The lowest BCUT2D eigenvalue weighted by molar-refractivity contribution is -0.118. The van der Waals surface area contributed by atoms with Gasteiger partial charge in [0.05, 0.1) is 0 Å². The molecule has 1 atom stereocenters. The van der Waals surface area contributed by atoms with E-state index in [1.54, 1.807) is 0 Å². The maximum Gasteiger partial charge on any atom is 0.227 e. The summed E-state index contributed by atoms with van der Waals surface area (Å²) in [4.78, 5) is 14.2. The molecule has 102 valence electrons. The topological polar surface area (TPSA) is 20.3 Å². The van der Waals surface area contributed by atoms with Gasteiger partial charge >= 0.3 is 0 Å². The molecule has 2 aromatic carbocycles. The minimum atomic E-state index is 0.188. The molecule has 0 saturated heterocycles. The highest BCUT2D eigenvalue weighted by Crippen LogP contribution is 2.40. The van der Waals surface area contributed by atoms with Gasteiger partial charge in [0, 0.05) is 29.9 Å². The molecule has 1 unspecified atom stereocenters. The van der Waals surface area contributed by atoms with Gasteiger partial charge in [0.1, 0.15) is 0 Å². The van der Waals surface area contributed by atoms with E-state index in [1.807, 2.05) is 29.2 Å². The molecule has 3 heteroatoms. The average Bonchev–Trinajstić information content (AvgIpc) is 2.88. The fourth-order valence-electron chi connectivity index (χ4n) is 2.83. The summed E-state index contributed by atoms with van der Waals surface area (Å²) in [5.74, 6) is 0.472. The van der Waals surface area contributed by atoms with E-state index in [1.165, 1.54) is 11.1 Å². The maximum atomic E-state index is 12.3. The normalized spacial score (nSPS) is 17.1. The van der Waals surface area contributed by atoms with Crippen molar-refractivity contribution in [2.24, 2.45) is 0 Å². The Labute approximate surface area is 127 Å². The van der Waals surface area contributed by atoms with Gasteiger partial charge < -0.3 is 4.90 Å². The summed E-state index contributed by atoms with van der Waals surface area (Å²) in [6.45, 7) is 0.745. The summed E-state index contributed by atoms with van der Waals surface area (Å²) >= 11 is 3.35. The second-order valence-electron chi connectivity index (χ2n) is 4.97. The van der Waals surface area contributed by atoms with Gasteiger partial charge in [0.2, 0.25) is 5.91 Å². The highest BCUT2D eigenvalue weighted by Gasteiger charge is 2.32. The van der Waals surface area contributed by atoms with Crippen LogP contribution in [-0.4, -0.2) is 17.8 Å².